The lowest BCUT2D eigenvalue weighted by Gasteiger charge is -2.41. The second-order valence-electron chi connectivity index (χ2n) is 4.46. The van der Waals surface area contributed by atoms with E-state index in [0.29, 0.717) is 0 Å². The summed E-state index contributed by atoms with van der Waals surface area (Å²) in [4.78, 5) is 33.2. The van der Waals surface area contributed by atoms with Crippen molar-refractivity contribution >= 4 is 29.5 Å². The van der Waals surface area contributed by atoms with E-state index >= 15 is 0 Å². The molecule has 9 heteroatoms. The monoisotopic (exact) mass is 324 g/mol. The summed E-state index contributed by atoms with van der Waals surface area (Å²) in [6, 6.07) is 0. The Hall–Kier alpha value is -1.38. The molecular formula is C12H17ClO8. The molecule has 0 amide bonds. The largest absolute Gasteiger partial charge is 0.463 e. The fourth-order valence-corrected chi connectivity index (χ4v) is 2.13. The second kappa shape index (κ2) is 7.58. The number of aliphatic hydroxyl groups is 1. The van der Waals surface area contributed by atoms with Crippen LogP contribution in [0.25, 0.3) is 0 Å². The van der Waals surface area contributed by atoms with E-state index in [2.05, 4.69) is 0 Å². The van der Waals surface area contributed by atoms with Gasteiger partial charge in [0.05, 0.1) is 0 Å². The molecule has 0 radical (unpaired) electrons. The van der Waals surface area contributed by atoms with Gasteiger partial charge in [0.2, 0.25) is 0 Å². The third-order valence-electron chi connectivity index (χ3n) is 2.65. The summed E-state index contributed by atoms with van der Waals surface area (Å²) < 4.78 is 20.0. The molecule has 1 N–H and O–H groups in total. The van der Waals surface area contributed by atoms with Crippen molar-refractivity contribution in [3.05, 3.63) is 0 Å². The van der Waals surface area contributed by atoms with Crippen LogP contribution in [0.3, 0.4) is 0 Å². The number of esters is 3. The third-order valence-corrected chi connectivity index (χ3v) is 3.11. The number of halogens is 1. The molecule has 120 valence electrons. The summed E-state index contributed by atoms with van der Waals surface area (Å²) in [5.74, 6) is -1.90. The zero-order chi connectivity index (χ0) is 16.2. The molecule has 1 fully saturated rings. The van der Waals surface area contributed by atoms with Crippen molar-refractivity contribution in [3.63, 3.8) is 0 Å². The van der Waals surface area contributed by atoms with E-state index in [-0.39, 0.29) is 6.61 Å². The van der Waals surface area contributed by atoms with Gasteiger partial charge in [-0.3, -0.25) is 14.4 Å². The van der Waals surface area contributed by atoms with Crippen molar-refractivity contribution in [3.8, 4) is 0 Å². The Kier molecular flexibility index (Phi) is 6.38. The van der Waals surface area contributed by atoms with E-state index in [9.17, 15) is 19.5 Å². The molecule has 1 rings (SSSR count). The molecule has 2 unspecified atom stereocenters. The summed E-state index contributed by atoms with van der Waals surface area (Å²) in [6.07, 6.45) is -4.70. The first-order chi connectivity index (χ1) is 9.72. The van der Waals surface area contributed by atoms with Gasteiger partial charge in [0.15, 0.2) is 18.5 Å². The Bertz CT molecular complexity index is 412. The van der Waals surface area contributed by atoms with Crippen molar-refractivity contribution in [1.82, 2.24) is 0 Å². The van der Waals surface area contributed by atoms with Crippen LogP contribution in [0.15, 0.2) is 0 Å². The molecule has 0 spiro atoms. The number of ether oxygens (including phenoxy) is 4. The number of carbonyl (C=O) groups is 3. The molecule has 21 heavy (non-hydrogen) atoms. The number of aliphatic hydroxyl groups excluding tert-OH is 1. The van der Waals surface area contributed by atoms with Crippen LogP contribution in [0, 0.1) is 0 Å². The van der Waals surface area contributed by atoms with Crippen LogP contribution in [-0.4, -0.2) is 59.6 Å². The molecule has 0 aromatic rings. The van der Waals surface area contributed by atoms with Gasteiger partial charge >= 0.3 is 17.9 Å². The van der Waals surface area contributed by atoms with Crippen LogP contribution in [0.5, 0.6) is 0 Å². The average Bonchev–Trinajstić information content (AvgIpc) is 2.35. The summed E-state index contributed by atoms with van der Waals surface area (Å²) in [5.41, 5.74) is 0. The first-order valence-corrected chi connectivity index (χ1v) is 6.61. The van der Waals surface area contributed by atoms with Crippen molar-refractivity contribution < 1.29 is 38.4 Å². The Morgan fingerprint density at radius 1 is 1.05 bits per heavy atom. The fourth-order valence-electron chi connectivity index (χ4n) is 1.88. The number of carbonyl (C=O) groups excluding carboxylic acids is 3. The SMILES string of the molecule is CC(=O)OC[C@H]1OC(O)C(Cl)[C@@H](OC(C)=O)[C@@H]1OC(C)=O. The van der Waals surface area contributed by atoms with Crippen molar-refractivity contribution in [2.75, 3.05) is 6.61 Å². The van der Waals surface area contributed by atoms with E-state index in [4.69, 9.17) is 30.5 Å². The number of alkyl halides is 1. The summed E-state index contributed by atoms with van der Waals surface area (Å²) >= 11 is 5.93. The number of rotatable bonds is 4. The number of hydrogen-bond donors (Lipinski definition) is 1. The highest BCUT2D eigenvalue weighted by Gasteiger charge is 2.49. The van der Waals surface area contributed by atoms with Crippen molar-refractivity contribution in [2.24, 2.45) is 0 Å². The summed E-state index contributed by atoms with van der Waals surface area (Å²) in [6.45, 7) is 3.21. The topological polar surface area (TPSA) is 108 Å². The van der Waals surface area contributed by atoms with Gasteiger partial charge in [-0.15, -0.1) is 11.6 Å². The zero-order valence-electron chi connectivity index (χ0n) is 11.8. The minimum atomic E-state index is -1.47. The van der Waals surface area contributed by atoms with E-state index < -0.39 is 47.9 Å². The first kappa shape index (κ1) is 17.7. The molecule has 1 aliphatic rings. The first-order valence-electron chi connectivity index (χ1n) is 6.17. The smallest absolute Gasteiger partial charge is 0.303 e. The molecule has 8 nitrogen and oxygen atoms in total. The zero-order valence-corrected chi connectivity index (χ0v) is 12.5. The van der Waals surface area contributed by atoms with Gasteiger partial charge in [0.1, 0.15) is 18.1 Å². The molecule has 0 aliphatic carbocycles. The molecule has 0 aromatic carbocycles. The minimum Gasteiger partial charge on any atom is -0.463 e. The molecule has 0 aromatic heterocycles. The fraction of sp³-hybridized carbons (Fsp3) is 0.750. The maximum absolute atomic E-state index is 11.2. The predicted octanol–water partition coefficient (Wildman–Crippen LogP) is -0.263. The normalized spacial score (nSPS) is 32.1. The predicted molar refractivity (Wildman–Crippen MR) is 68.3 cm³/mol. The Labute approximate surface area is 126 Å². The lowest BCUT2D eigenvalue weighted by molar-refractivity contribution is -0.250. The summed E-state index contributed by atoms with van der Waals surface area (Å²) in [5, 5.41) is 8.59. The quantitative estimate of drug-likeness (QED) is 0.428. The van der Waals surface area contributed by atoms with Gasteiger partial charge in [0, 0.05) is 20.8 Å². The maximum atomic E-state index is 11.2. The van der Waals surface area contributed by atoms with Gasteiger partial charge in [0.25, 0.3) is 0 Å². The third kappa shape index (κ3) is 5.14. The van der Waals surface area contributed by atoms with Crippen molar-refractivity contribution in [1.29, 1.82) is 0 Å². The lowest BCUT2D eigenvalue weighted by Crippen LogP contribution is -2.59. The van der Waals surface area contributed by atoms with Crippen LogP contribution in [0.2, 0.25) is 0 Å². The van der Waals surface area contributed by atoms with E-state index in [1.807, 2.05) is 0 Å². The lowest BCUT2D eigenvalue weighted by atomic mass is 10.0. The standard InChI is InChI=1S/C12H17ClO8/c1-5(14)18-4-8-10(19-6(2)15)11(20-7(3)16)9(13)12(17)21-8/h8-12,17H,4H2,1-3H3/t8-,9?,10-,11-,12?/m1/s1. The van der Waals surface area contributed by atoms with Crippen molar-refractivity contribution in [2.45, 2.75) is 50.8 Å². The van der Waals surface area contributed by atoms with E-state index in [1.54, 1.807) is 0 Å². The van der Waals surface area contributed by atoms with Gasteiger partial charge in [-0.05, 0) is 0 Å². The van der Waals surface area contributed by atoms with Crippen LogP contribution < -0.4 is 0 Å². The highest BCUT2D eigenvalue weighted by atomic mass is 35.5. The van der Waals surface area contributed by atoms with E-state index in [0.717, 1.165) is 13.8 Å². The van der Waals surface area contributed by atoms with E-state index in [1.165, 1.54) is 6.92 Å². The molecule has 1 saturated heterocycles. The Balaban J connectivity index is 2.94. The van der Waals surface area contributed by atoms with Gasteiger partial charge in [-0.25, -0.2) is 0 Å². The molecule has 5 atom stereocenters. The van der Waals surface area contributed by atoms with Gasteiger partial charge in [-0.2, -0.15) is 0 Å². The minimum absolute atomic E-state index is 0.286. The second-order valence-corrected chi connectivity index (χ2v) is 4.96. The molecule has 1 heterocycles. The molecule has 0 saturated carbocycles. The molecular weight excluding hydrogens is 308 g/mol. The van der Waals surface area contributed by atoms with Crippen LogP contribution >= 0.6 is 11.6 Å². The average molecular weight is 325 g/mol. The maximum Gasteiger partial charge on any atom is 0.303 e. The highest BCUT2D eigenvalue weighted by molar-refractivity contribution is 6.21. The summed E-state index contributed by atoms with van der Waals surface area (Å²) in [7, 11) is 0. The van der Waals surface area contributed by atoms with Gasteiger partial charge in [-0.1, -0.05) is 0 Å². The number of hydrogen-bond acceptors (Lipinski definition) is 8. The molecule has 0 bridgehead atoms. The van der Waals surface area contributed by atoms with Crippen LogP contribution in [0.1, 0.15) is 20.8 Å². The van der Waals surface area contributed by atoms with Crippen LogP contribution in [-0.2, 0) is 33.3 Å². The highest BCUT2D eigenvalue weighted by Crippen LogP contribution is 2.29. The Morgan fingerprint density at radius 3 is 2.05 bits per heavy atom. The molecule has 1 aliphatic heterocycles. The Morgan fingerprint density at radius 2 is 1.57 bits per heavy atom. The van der Waals surface area contributed by atoms with Crippen LogP contribution in [0.4, 0.5) is 0 Å². The van der Waals surface area contributed by atoms with Gasteiger partial charge < -0.3 is 24.1 Å².